The van der Waals surface area contributed by atoms with Crippen molar-refractivity contribution in [3.05, 3.63) is 95.6 Å². The number of benzene rings is 3. The molecule has 1 aliphatic heterocycles. The van der Waals surface area contributed by atoms with Crippen LogP contribution in [0.5, 0.6) is 5.75 Å². The molecule has 0 radical (unpaired) electrons. The van der Waals surface area contributed by atoms with Crippen LogP contribution in [0.2, 0.25) is 0 Å². The minimum atomic E-state index is -1.26. The number of phenols is 1. The number of ether oxygens (including phenoxy) is 1. The highest BCUT2D eigenvalue weighted by molar-refractivity contribution is 5.97. The average molecular weight is 504 g/mol. The Labute approximate surface area is 217 Å². The molecule has 0 unspecified atom stereocenters. The van der Waals surface area contributed by atoms with Crippen molar-refractivity contribution in [3.8, 4) is 5.75 Å². The summed E-state index contributed by atoms with van der Waals surface area (Å²) >= 11 is 0. The Morgan fingerprint density at radius 3 is 2.11 bits per heavy atom. The number of nitrogens with zero attached hydrogens (tertiary/aromatic N) is 2. The second-order valence-corrected chi connectivity index (χ2v) is 9.04. The number of rotatable bonds is 10. The SMILES string of the molecule is O=C(O)c1cccc(NC(=O)N(CCC(c2ccccc2)c2ccccc2)CCN2CCOCC2)c1O. The van der Waals surface area contributed by atoms with E-state index >= 15 is 0 Å². The summed E-state index contributed by atoms with van der Waals surface area (Å²) in [5.74, 6) is -1.61. The molecule has 1 heterocycles. The van der Waals surface area contributed by atoms with Gasteiger partial charge in [0.2, 0.25) is 0 Å². The lowest BCUT2D eigenvalue weighted by molar-refractivity contribution is 0.0351. The summed E-state index contributed by atoms with van der Waals surface area (Å²) in [6.07, 6.45) is 0.700. The molecule has 8 heteroatoms. The highest BCUT2D eigenvalue weighted by atomic mass is 16.5. The maximum Gasteiger partial charge on any atom is 0.339 e. The molecule has 1 aliphatic rings. The molecule has 194 valence electrons. The van der Waals surface area contributed by atoms with E-state index in [2.05, 4.69) is 34.5 Å². The zero-order valence-corrected chi connectivity index (χ0v) is 20.8. The van der Waals surface area contributed by atoms with Crippen molar-refractivity contribution in [2.45, 2.75) is 12.3 Å². The quantitative estimate of drug-likeness (QED) is 0.353. The Bertz CT molecular complexity index is 1130. The summed E-state index contributed by atoms with van der Waals surface area (Å²) in [7, 11) is 0. The molecular formula is C29H33N3O5. The molecule has 0 bridgehead atoms. The number of morpholine rings is 1. The van der Waals surface area contributed by atoms with Gasteiger partial charge in [-0.3, -0.25) is 4.90 Å². The van der Waals surface area contributed by atoms with Gasteiger partial charge in [-0.2, -0.15) is 0 Å². The molecule has 0 aliphatic carbocycles. The number of amides is 2. The minimum Gasteiger partial charge on any atom is -0.505 e. The van der Waals surface area contributed by atoms with Crippen molar-refractivity contribution in [3.63, 3.8) is 0 Å². The van der Waals surface area contributed by atoms with Crippen molar-refractivity contribution < 1.29 is 24.5 Å². The van der Waals surface area contributed by atoms with Crippen molar-refractivity contribution in [1.82, 2.24) is 9.80 Å². The third-order valence-electron chi connectivity index (χ3n) is 6.68. The van der Waals surface area contributed by atoms with Gasteiger partial charge >= 0.3 is 12.0 Å². The Balaban J connectivity index is 1.53. The van der Waals surface area contributed by atoms with E-state index in [1.807, 2.05) is 36.4 Å². The lowest BCUT2D eigenvalue weighted by atomic mass is 9.88. The van der Waals surface area contributed by atoms with Crippen LogP contribution in [-0.4, -0.2) is 78.0 Å². The molecule has 8 nitrogen and oxygen atoms in total. The highest BCUT2D eigenvalue weighted by Crippen LogP contribution is 2.30. The summed E-state index contributed by atoms with van der Waals surface area (Å²) in [6.45, 7) is 4.63. The van der Waals surface area contributed by atoms with E-state index in [1.165, 1.54) is 29.3 Å². The normalized spacial score (nSPS) is 13.9. The minimum absolute atomic E-state index is 0.0731. The van der Waals surface area contributed by atoms with Gasteiger partial charge in [0.15, 0.2) is 5.75 Å². The second kappa shape index (κ2) is 12.9. The van der Waals surface area contributed by atoms with Gasteiger partial charge in [0, 0.05) is 38.6 Å². The third kappa shape index (κ3) is 7.09. The monoisotopic (exact) mass is 503 g/mol. The van der Waals surface area contributed by atoms with Gasteiger partial charge in [0.1, 0.15) is 5.56 Å². The van der Waals surface area contributed by atoms with E-state index in [4.69, 9.17) is 4.74 Å². The molecule has 0 atom stereocenters. The Kier molecular flexibility index (Phi) is 9.13. The third-order valence-corrected chi connectivity index (χ3v) is 6.68. The molecule has 0 aromatic heterocycles. The van der Waals surface area contributed by atoms with Crippen LogP contribution < -0.4 is 5.32 Å². The zero-order valence-electron chi connectivity index (χ0n) is 20.8. The number of para-hydroxylation sites is 1. The van der Waals surface area contributed by atoms with Crippen LogP contribution in [0, 0.1) is 0 Å². The largest absolute Gasteiger partial charge is 0.505 e. The Hall–Kier alpha value is -3.88. The van der Waals surface area contributed by atoms with E-state index in [0.717, 1.165) is 13.1 Å². The smallest absolute Gasteiger partial charge is 0.339 e. The van der Waals surface area contributed by atoms with Crippen LogP contribution in [0.15, 0.2) is 78.9 Å². The van der Waals surface area contributed by atoms with E-state index in [1.54, 1.807) is 4.90 Å². The van der Waals surface area contributed by atoms with Crippen LogP contribution in [0.4, 0.5) is 10.5 Å². The molecule has 4 rings (SSSR count). The zero-order chi connectivity index (χ0) is 26.0. The fourth-order valence-corrected chi connectivity index (χ4v) is 4.59. The summed E-state index contributed by atoms with van der Waals surface area (Å²) in [6, 6.07) is 24.4. The van der Waals surface area contributed by atoms with Gasteiger partial charge in [0.25, 0.3) is 0 Å². The van der Waals surface area contributed by atoms with E-state index in [9.17, 15) is 19.8 Å². The van der Waals surface area contributed by atoms with E-state index in [-0.39, 0.29) is 23.2 Å². The average Bonchev–Trinajstić information content (AvgIpc) is 2.93. The Morgan fingerprint density at radius 1 is 0.892 bits per heavy atom. The standard InChI is InChI=1S/C29H33N3O5/c33-27-25(28(34)35)12-7-13-26(27)30-29(36)32(17-16-31-18-20-37-21-19-31)15-14-24(22-8-3-1-4-9-22)23-10-5-2-6-11-23/h1-13,24,33H,14-21H2,(H,30,36)(H,34,35). The second-order valence-electron chi connectivity index (χ2n) is 9.04. The van der Waals surface area contributed by atoms with Gasteiger partial charge in [-0.15, -0.1) is 0 Å². The van der Waals surface area contributed by atoms with E-state index in [0.29, 0.717) is 39.3 Å². The molecule has 0 spiro atoms. The van der Waals surface area contributed by atoms with Crippen molar-refractivity contribution in [1.29, 1.82) is 0 Å². The van der Waals surface area contributed by atoms with Gasteiger partial charge in [-0.1, -0.05) is 66.7 Å². The van der Waals surface area contributed by atoms with E-state index < -0.39 is 11.7 Å². The first-order chi connectivity index (χ1) is 18.0. The predicted octanol–water partition coefficient (Wildman–Crippen LogP) is 4.48. The maximum atomic E-state index is 13.4. The predicted molar refractivity (Wildman–Crippen MR) is 142 cm³/mol. The number of carbonyl (C=O) groups excluding carboxylic acids is 1. The van der Waals surface area contributed by atoms with Crippen LogP contribution in [0.1, 0.15) is 33.8 Å². The number of hydrogen-bond acceptors (Lipinski definition) is 5. The van der Waals surface area contributed by atoms with Crippen LogP contribution >= 0.6 is 0 Å². The number of carboxylic acids is 1. The first-order valence-corrected chi connectivity index (χ1v) is 12.5. The summed E-state index contributed by atoms with van der Waals surface area (Å²) in [5, 5.41) is 22.5. The van der Waals surface area contributed by atoms with Gasteiger partial charge in [-0.25, -0.2) is 9.59 Å². The lowest BCUT2D eigenvalue weighted by Crippen LogP contribution is -2.44. The lowest BCUT2D eigenvalue weighted by Gasteiger charge is -2.31. The Morgan fingerprint density at radius 2 is 1.51 bits per heavy atom. The molecule has 3 N–H and O–H groups in total. The van der Waals surface area contributed by atoms with Gasteiger partial charge in [0.05, 0.1) is 18.9 Å². The number of aromatic carboxylic acids is 1. The molecule has 2 amide bonds. The number of carboxylic acid groups (broad SMARTS) is 1. The fourth-order valence-electron chi connectivity index (χ4n) is 4.59. The molecule has 37 heavy (non-hydrogen) atoms. The first kappa shape index (κ1) is 26.2. The van der Waals surface area contributed by atoms with Crippen molar-refractivity contribution in [2.75, 3.05) is 51.3 Å². The molecular weight excluding hydrogens is 470 g/mol. The number of anilines is 1. The molecule has 3 aromatic carbocycles. The van der Waals surface area contributed by atoms with Crippen LogP contribution in [0.3, 0.4) is 0 Å². The number of hydrogen-bond donors (Lipinski definition) is 3. The van der Waals surface area contributed by atoms with Gasteiger partial charge < -0.3 is 25.2 Å². The van der Waals surface area contributed by atoms with Crippen LogP contribution in [-0.2, 0) is 4.74 Å². The van der Waals surface area contributed by atoms with Crippen molar-refractivity contribution in [2.24, 2.45) is 0 Å². The topological polar surface area (TPSA) is 102 Å². The maximum absolute atomic E-state index is 13.4. The van der Waals surface area contributed by atoms with Crippen molar-refractivity contribution >= 4 is 17.7 Å². The number of carbonyl (C=O) groups is 2. The molecule has 1 saturated heterocycles. The summed E-state index contributed by atoms with van der Waals surface area (Å²) in [4.78, 5) is 28.8. The first-order valence-electron chi connectivity index (χ1n) is 12.5. The molecule has 3 aromatic rings. The fraction of sp³-hybridized carbons (Fsp3) is 0.310. The number of urea groups is 1. The highest BCUT2D eigenvalue weighted by Gasteiger charge is 2.22. The molecule has 1 fully saturated rings. The molecule has 0 saturated carbocycles. The number of nitrogens with one attached hydrogen (secondary N) is 1. The number of aromatic hydroxyl groups is 1. The summed E-state index contributed by atoms with van der Waals surface area (Å²) < 4.78 is 5.44. The van der Waals surface area contributed by atoms with Crippen LogP contribution in [0.25, 0.3) is 0 Å². The van der Waals surface area contributed by atoms with Gasteiger partial charge in [-0.05, 0) is 29.7 Å². The summed E-state index contributed by atoms with van der Waals surface area (Å²) in [5.41, 5.74) is 2.16.